The second-order valence-corrected chi connectivity index (χ2v) is 2.37. The van der Waals surface area contributed by atoms with Gasteiger partial charge in [0.05, 0.1) is 0 Å². The Kier molecular flexibility index (Phi) is 2.59. The predicted octanol–water partition coefficient (Wildman–Crippen LogP) is 0.664. The molecule has 0 aliphatic carbocycles. The topological polar surface area (TPSA) is 72.3 Å². The molecule has 0 radical (unpaired) electrons. The molecule has 0 saturated carbocycles. The monoisotopic (exact) mass is 180 g/mol. The molecule has 0 spiro atoms. The molecule has 0 bridgehead atoms. The van der Waals surface area contributed by atoms with E-state index < -0.39 is 5.97 Å². The highest BCUT2D eigenvalue weighted by Gasteiger charge is 2.07. The molecule has 5 nitrogen and oxygen atoms in total. The van der Waals surface area contributed by atoms with Gasteiger partial charge in [-0.15, -0.1) is 0 Å². The van der Waals surface area contributed by atoms with E-state index >= 15 is 0 Å². The Morgan fingerprint density at radius 3 is 2.92 bits per heavy atom. The summed E-state index contributed by atoms with van der Waals surface area (Å²) in [5, 5.41) is 8.90. The summed E-state index contributed by atoms with van der Waals surface area (Å²) in [6.07, 6.45) is 1.28. The van der Waals surface area contributed by atoms with Crippen molar-refractivity contribution in [3.05, 3.63) is 24.4 Å². The Bertz CT molecular complexity index is 349. The maximum atomic E-state index is 10.9. The van der Waals surface area contributed by atoms with Gasteiger partial charge in [-0.05, 0) is 6.92 Å². The predicted molar refractivity (Wildman–Crippen MR) is 44.1 cm³/mol. The third-order valence-electron chi connectivity index (χ3n) is 1.15. The van der Waals surface area contributed by atoms with Crippen molar-refractivity contribution >= 4 is 5.97 Å². The molecular weight excluding hydrogens is 172 g/mol. The van der Waals surface area contributed by atoms with E-state index in [1.807, 2.05) is 0 Å². The van der Waals surface area contributed by atoms with E-state index in [4.69, 9.17) is 5.11 Å². The van der Waals surface area contributed by atoms with Gasteiger partial charge < -0.3 is 9.84 Å². The fourth-order valence-electron chi connectivity index (χ4n) is 0.551. The quantitative estimate of drug-likeness (QED) is 0.534. The van der Waals surface area contributed by atoms with Gasteiger partial charge in [0, 0.05) is 17.8 Å². The van der Waals surface area contributed by atoms with Gasteiger partial charge in [-0.3, -0.25) is 0 Å². The van der Waals surface area contributed by atoms with Crippen LogP contribution in [0.2, 0.25) is 0 Å². The highest BCUT2D eigenvalue weighted by Crippen LogP contribution is 2.08. The van der Waals surface area contributed by atoms with Gasteiger partial charge >= 0.3 is 12.0 Å². The maximum absolute atomic E-state index is 10.9. The van der Waals surface area contributed by atoms with Crippen molar-refractivity contribution in [1.82, 2.24) is 9.97 Å². The number of hydrogen-bond acceptors (Lipinski definition) is 5. The summed E-state index contributed by atoms with van der Waals surface area (Å²) in [7, 11) is 0. The van der Waals surface area contributed by atoms with E-state index in [-0.39, 0.29) is 17.5 Å². The van der Waals surface area contributed by atoms with Gasteiger partial charge in [-0.25, -0.2) is 9.78 Å². The zero-order valence-electron chi connectivity index (χ0n) is 7.02. The van der Waals surface area contributed by atoms with Crippen molar-refractivity contribution in [2.75, 3.05) is 0 Å². The molecule has 68 valence electrons. The number of esters is 1. The van der Waals surface area contributed by atoms with E-state index in [9.17, 15) is 4.79 Å². The van der Waals surface area contributed by atoms with Crippen LogP contribution in [0.25, 0.3) is 0 Å². The molecule has 5 heteroatoms. The molecule has 0 aliphatic rings. The lowest BCUT2D eigenvalue weighted by atomic mass is 10.4. The lowest BCUT2D eigenvalue weighted by Gasteiger charge is -2.00. The van der Waals surface area contributed by atoms with Crippen molar-refractivity contribution in [2.45, 2.75) is 6.92 Å². The normalized spacial score (nSPS) is 9.31. The highest BCUT2D eigenvalue weighted by molar-refractivity contribution is 5.88. The molecule has 0 unspecified atom stereocenters. The summed E-state index contributed by atoms with van der Waals surface area (Å²) in [6, 6.07) is 1.09. The van der Waals surface area contributed by atoms with Crippen LogP contribution in [0, 0.1) is 0 Å². The second kappa shape index (κ2) is 3.66. The van der Waals surface area contributed by atoms with Gasteiger partial charge in [0.25, 0.3) is 0 Å². The van der Waals surface area contributed by atoms with Crippen LogP contribution in [0.3, 0.4) is 0 Å². The molecular formula is C8H8N2O3. The minimum Gasteiger partial charge on any atom is -0.493 e. The molecule has 0 saturated heterocycles. The fourth-order valence-corrected chi connectivity index (χ4v) is 0.551. The third kappa shape index (κ3) is 2.55. The van der Waals surface area contributed by atoms with Crippen LogP contribution in [-0.2, 0) is 4.79 Å². The third-order valence-corrected chi connectivity index (χ3v) is 1.15. The van der Waals surface area contributed by atoms with Crippen LogP contribution in [0.15, 0.2) is 24.4 Å². The number of aromatic hydroxyl groups is 1. The van der Waals surface area contributed by atoms with E-state index in [0.29, 0.717) is 0 Å². The largest absolute Gasteiger partial charge is 0.493 e. The van der Waals surface area contributed by atoms with Crippen LogP contribution in [-0.4, -0.2) is 21.0 Å². The SMILES string of the molecule is C=C(C)C(=O)Oc1nccc(O)n1. The number of hydrogen-bond donors (Lipinski definition) is 1. The average Bonchev–Trinajstić information content (AvgIpc) is 2.04. The van der Waals surface area contributed by atoms with E-state index in [2.05, 4.69) is 21.3 Å². The lowest BCUT2D eigenvalue weighted by Crippen LogP contribution is -2.10. The molecule has 1 aromatic rings. The Morgan fingerprint density at radius 2 is 2.38 bits per heavy atom. The first-order valence-electron chi connectivity index (χ1n) is 3.49. The Morgan fingerprint density at radius 1 is 1.69 bits per heavy atom. The summed E-state index contributed by atoms with van der Waals surface area (Å²) in [5.74, 6) is -0.870. The average molecular weight is 180 g/mol. The van der Waals surface area contributed by atoms with E-state index in [0.717, 1.165) is 0 Å². The molecule has 0 amide bonds. The fraction of sp³-hybridized carbons (Fsp3) is 0.125. The van der Waals surface area contributed by atoms with Gasteiger partial charge in [0.2, 0.25) is 5.88 Å². The summed E-state index contributed by atoms with van der Waals surface area (Å²) in [4.78, 5) is 18.0. The molecule has 0 aliphatic heterocycles. The van der Waals surface area contributed by atoms with Gasteiger partial charge in [-0.1, -0.05) is 6.58 Å². The highest BCUT2D eigenvalue weighted by atomic mass is 16.5. The Hall–Kier alpha value is -1.91. The minimum atomic E-state index is -0.620. The van der Waals surface area contributed by atoms with Gasteiger partial charge in [0.1, 0.15) is 0 Å². The molecule has 1 rings (SSSR count). The van der Waals surface area contributed by atoms with E-state index in [1.165, 1.54) is 19.2 Å². The molecule has 0 atom stereocenters. The zero-order valence-corrected chi connectivity index (χ0v) is 7.02. The Labute approximate surface area is 74.7 Å². The molecule has 0 fully saturated rings. The minimum absolute atomic E-state index is 0.187. The summed E-state index contributed by atoms with van der Waals surface area (Å²) in [6.45, 7) is 4.89. The second-order valence-electron chi connectivity index (χ2n) is 2.37. The van der Waals surface area contributed by atoms with Crippen LogP contribution >= 0.6 is 0 Å². The first-order valence-corrected chi connectivity index (χ1v) is 3.49. The number of ether oxygens (including phenoxy) is 1. The molecule has 0 aromatic carbocycles. The van der Waals surface area contributed by atoms with Crippen molar-refractivity contribution in [3.63, 3.8) is 0 Å². The first-order chi connectivity index (χ1) is 6.09. The zero-order chi connectivity index (χ0) is 9.84. The number of aromatic nitrogens is 2. The van der Waals surface area contributed by atoms with Crippen molar-refractivity contribution in [3.8, 4) is 11.9 Å². The molecule has 1 aromatic heterocycles. The number of rotatable bonds is 2. The number of carbonyl (C=O) groups excluding carboxylic acids is 1. The van der Waals surface area contributed by atoms with Crippen molar-refractivity contribution in [1.29, 1.82) is 0 Å². The van der Waals surface area contributed by atoms with Crippen molar-refractivity contribution < 1.29 is 14.6 Å². The van der Waals surface area contributed by atoms with Gasteiger partial charge in [0.15, 0.2) is 0 Å². The van der Waals surface area contributed by atoms with Crippen molar-refractivity contribution in [2.24, 2.45) is 0 Å². The smallest absolute Gasteiger partial charge is 0.340 e. The Balaban J connectivity index is 2.75. The summed E-state index contributed by atoms with van der Waals surface area (Å²) < 4.78 is 4.64. The maximum Gasteiger partial charge on any atom is 0.340 e. The first kappa shape index (κ1) is 9.18. The van der Waals surface area contributed by atoms with E-state index in [1.54, 1.807) is 0 Å². The summed E-state index contributed by atoms with van der Waals surface area (Å²) in [5.41, 5.74) is 0.243. The molecule has 1 heterocycles. The number of carbonyl (C=O) groups is 1. The van der Waals surface area contributed by atoms with Gasteiger partial charge in [-0.2, -0.15) is 4.98 Å². The molecule has 1 N–H and O–H groups in total. The van der Waals surface area contributed by atoms with Crippen LogP contribution in [0.5, 0.6) is 11.9 Å². The number of nitrogens with zero attached hydrogens (tertiary/aromatic N) is 2. The molecule has 13 heavy (non-hydrogen) atoms. The standard InChI is InChI=1S/C8H8N2O3/c1-5(2)7(12)13-8-9-4-3-6(11)10-8/h3-4H,1H2,2H3,(H,9,10,11). The van der Waals surface area contributed by atoms with Crippen LogP contribution < -0.4 is 4.74 Å². The lowest BCUT2D eigenvalue weighted by molar-refractivity contribution is -0.130. The van der Waals surface area contributed by atoms with Crippen LogP contribution in [0.4, 0.5) is 0 Å². The summed E-state index contributed by atoms with van der Waals surface area (Å²) >= 11 is 0. The van der Waals surface area contributed by atoms with Crippen LogP contribution in [0.1, 0.15) is 6.92 Å².